The number of nitrogens with zero attached hydrogens (tertiary/aromatic N) is 1. The predicted octanol–water partition coefficient (Wildman–Crippen LogP) is 4.31. The molecule has 0 radical (unpaired) electrons. The average Bonchev–Trinajstić information content (AvgIpc) is 3.02. The van der Waals surface area contributed by atoms with Gasteiger partial charge in [-0.2, -0.15) is 0 Å². The normalized spacial score (nSPS) is 27.4. The van der Waals surface area contributed by atoms with Gasteiger partial charge in [0.25, 0.3) is 5.91 Å². The van der Waals surface area contributed by atoms with E-state index < -0.39 is 6.04 Å². The van der Waals surface area contributed by atoms with Crippen molar-refractivity contribution in [2.75, 3.05) is 6.61 Å². The molecule has 3 aliphatic rings. The lowest BCUT2D eigenvalue weighted by atomic mass is 9.78. The molecule has 1 aliphatic carbocycles. The van der Waals surface area contributed by atoms with Crippen LogP contribution in [0.4, 0.5) is 4.79 Å². The van der Waals surface area contributed by atoms with Gasteiger partial charge in [0, 0.05) is 12.6 Å². The maximum Gasteiger partial charge on any atom is 0.325 e. The van der Waals surface area contributed by atoms with Crippen LogP contribution in [-0.2, 0) is 9.53 Å². The number of amides is 3. The van der Waals surface area contributed by atoms with E-state index in [2.05, 4.69) is 5.32 Å². The standard InChI is InChI=1S/C23H26N2O3/c26-21-20(19-10-6-8-16-7-2-3-9-18(16)19)24-22(27)25(21)17-11-14-28-23(15-17)12-4-1-5-13-23/h2-3,6-10,17,20H,1,4-5,11-15H2,(H,24,27). The van der Waals surface area contributed by atoms with E-state index in [9.17, 15) is 9.59 Å². The fourth-order valence-corrected chi connectivity index (χ4v) is 5.32. The zero-order valence-corrected chi connectivity index (χ0v) is 16.0. The van der Waals surface area contributed by atoms with Crippen LogP contribution in [0.3, 0.4) is 0 Å². The topological polar surface area (TPSA) is 58.6 Å². The third-order valence-corrected chi connectivity index (χ3v) is 6.70. The van der Waals surface area contributed by atoms with E-state index in [-0.39, 0.29) is 23.6 Å². The van der Waals surface area contributed by atoms with Crippen LogP contribution >= 0.6 is 0 Å². The second kappa shape index (κ2) is 6.89. The minimum atomic E-state index is -0.608. The van der Waals surface area contributed by atoms with Crippen molar-refractivity contribution < 1.29 is 14.3 Å². The Bertz CT molecular complexity index is 908. The van der Waals surface area contributed by atoms with Crippen molar-refractivity contribution in [3.63, 3.8) is 0 Å². The Kier molecular flexibility index (Phi) is 4.35. The van der Waals surface area contributed by atoms with Gasteiger partial charge in [0.1, 0.15) is 6.04 Å². The molecule has 2 heterocycles. The molecule has 146 valence electrons. The number of ether oxygens (including phenoxy) is 1. The van der Waals surface area contributed by atoms with Crippen LogP contribution < -0.4 is 5.32 Å². The van der Waals surface area contributed by atoms with E-state index in [0.717, 1.165) is 42.0 Å². The first-order chi connectivity index (χ1) is 13.7. The number of rotatable bonds is 2. The van der Waals surface area contributed by atoms with Crippen LogP contribution in [0.5, 0.6) is 0 Å². The van der Waals surface area contributed by atoms with Gasteiger partial charge < -0.3 is 10.1 Å². The lowest BCUT2D eigenvalue weighted by Crippen LogP contribution is -2.51. The molecule has 1 saturated carbocycles. The summed E-state index contributed by atoms with van der Waals surface area (Å²) < 4.78 is 6.17. The molecule has 2 aromatic rings. The fraction of sp³-hybridized carbons (Fsp3) is 0.478. The Morgan fingerprint density at radius 2 is 1.79 bits per heavy atom. The second-order valence-corrected chi connectivity index (χ2v) is 8.40. The Morgan fingerprint density at radius 3 is 2.64 bits per heavy atom. The molecule has 3 amide bonds. The molecule has 1 N–H and O–H groups in total. The molecule has 0 aromatic heterocycles. The summed E-state index contributed by atoms with van der Waals surface area (Å²) >= 11 is 0. The highest BCUT2D eigenvalue weighted by Gasteiger charge is 2.48. The third kappa shape index (κ3) is 2.89. The first kappa shape index (κ1) is 17.7. The summed E-state index contributed by atoms with van der Waals surface area (Å²) in [4.78, 5) is 27.7. The summed E-state index contributed by atoms with van der Waals surface area (Å²) in [5.74, 6) is -0.126. The van der Waals surface area contributed by atoms with Crippen LogP contribution in [-0.4, -0.2) is 35.1 Å². The van der Waals surface area contributed by atoms with Crippen LogP contribution in [0.25, 0.3) is 10.8 Å². The van der Waals surface area contributed by atoms with E-state index in [4.69, 9.17) is 4.74 Å². The molecule has 3 fully saturated rings. The van der Waals surface area contributed by atoms with Crippen LogP contribution in [0.2, 0.25) is 0 Å². The average molecular weight is 378 g/mol. The lowest BCUT2D eigenvalue weighted by molar-refractivity contribution is -0.140. The van der Waals surface area contributed by atoms with E-state index in [1.165, 1.54) is 24.2 Å². The van der Waals surface area contributed by atoms with Gasteiger partial charge in [-0.25, -0.2) is 4.79 Å². The van der Waals surface area contributed by atoms with Gasteiger partial charge in [0.15, 0.2) is 0 Å². The monoisotopic (exact) mass is 378 g/mol. The molecule has 2 saturated heterocycles. The number of benzene rings is 2. The molecule has 2 aromatic carbocycles. The van der Waals surface area contributed by atoms with E-state index in [0.29, 0.717) is 6.61 Å². The van der Waals surface area contributed by atoms with Gasteiger partial charge in [-0.1, -0.05) is 61.7 Å². The largest absolute Gasteiger partial charge is 0.375 e. The number of imide groups is 1. The SMILES string of the molecule is O=C1NC(c2cccc3ccccc23)C(=O)N1C1CCOC2(CCCCC2)C1. The van der Waals surface area contributed by atoms with Gasteiger partial charge in [0.2, 0.25) is 0 Å². The van der Waals surface area contributed by atoms with Gasteiger partial charge in [-0.3, -0.25) is 9.69 Å². The molecule has 5 rings (SSSR count). The molecule has 28 heavy (non-hydrogen) atoms. The summed E-state index contributed by atoms with van der Waals surface area (Å²) in [5, 5.41) is 5.04. The molecule has 0 bridgehead atoms. The Morgan fingerprint density at radius 1 is 1.00 bits per heavy atom. The zero-order valence-electron chi connectivity index (χ0n) is 16.0. The summed E-state index contributed by atoms with van der Waals surface area (Å²) in [6.45, 7) is 0.626. The maximum atomic E-state index is 13.3. The first-order valence-electron chi connectivity index (χ1n) is 10.4. The molecular weight excluding hydrogens is 352 g/mol. The van der Waals surface area contributed by atoms with Crippen LogP contribution in [0, 0.1) is 0 Å². The van der Waals surface area contributed by atoms with Crippen molar-refractivity contribution in [3.8, 4) is 0 Å². The van der Waals surface area contributed by atoms with Gasteiger partial charge in [0.05, 0.1) is 5.60 Å². The number of carbonyl (C=O) groups is 2. The van der Waals surface area contributed by atoms with Crippen molar-refractivity contribution in [3.05, 3.63) is 48.0 Å². The molecule has 5 nitrogen and oxygen atoms in total. The molecule has 2 unspecified atom stereocenters. The van der Waals surface area contributed by atoms with Crippen LogP contribution in [0.15, 0.2) is 42.5 Å². The van der Waals surface area contributed by atoms with E-state index in [1.807, 2.05) is 42.5 Å². The summed E-state index contributed by atoms with van der Waals surface area (Å²) in [5.41, 5.74) is 0.734. The van der Waals surface area contributed by atoms with Gasteiger partial charge in [-0.05, 0) is 42.0 Å². The fourth-order valence-electron chi connectivity index (χ4n) is 5.32. The summed E-state index contributed by atoms with van der Waals surface area (Å²) in [6.07, 6.45) is 7.18. The Balaban J connectivity index is 1.43. The number of hydrogen-bond donors (Lipinski definition) is 1. The maximum absolute atomic E-state index is 13.3. The van der Waals surface area contributed by atoms with Crippen molar-refractivity contribution in [2.24, 2.45) is 0 Å². The summed E-state index contributed by atoms with van der Waals surface area (Å²) in [6, 6.07) is 13.0. The van der Waals surface area contributed by atoms with E-state index >= 15 is 0 Å². The number of hydrogen-bond acceptors (Lipinski definition) is 3. The van der Waals surface area contributed by atoms with Crippen molar-refractivity contribution in [2.45, 2.75) is 62.6 Å². The number of urea groups is 1. The third-order valence-electron chi connectivity index (χ3n) is 6.70. The number of fused-ring (bicyclic) bond motifs is 1. The quantitative estimate of drug-likeness (QED) is 0.792. The predicted molar refractivity (Wildman–Crippen MR) is 107 cm³/mol. The van der Waals surface area contributed by atoms with E-state index in [1.54, 1.807) is 0 Å². The number of nitrogens with one attached hydrogen (secondary N) is 1. The highest BCUT2D eigenvalue weighted by molar-refractivity contribution is 6.06. The minimum Gasteiger partial charge on any atom is -0.375 e. The van der Waals surface area contributed by atoms with Gasteiger partial charge >= 0.3 is 6.03 Å². The second-order valence-electron chi connectivity index (χ2n) is 8.40. The van der Waals surface area contributed by atoms with Crippen molar-refractivity contribution in [1.29, 1.82) is 0 Å². The highest BCUT2D eigenvalue weighted by Crippen LogP contribution is 2.41. The zero-order chi connectivity index (χ0) is 19.1. The lowest BCUT2D eigenvalue weighted by Gasteiger charge is -2.45. The number of carbonyl (C=O) groups excluding carboxylic acids is 2. The van der Waals surface area contributed by atoms with Crippen molar-refractivity contribution >= 4 is 22.7 Å². The highest BCUT2D eigenvalue weighted by atomic mass is 16.5. The van der Waals surface area contributed by atoms with Crippen LogP contribution in [0.1, 0.15) is 56.6 Å². The Hall–Kier alpha value is -2.40. The van der Waals surface area contributed by atoms with Crippen molar-refractivity contribution in [1.82, 2.24) is 10.2 Å². The molecule has 1 spiro atoms. The molecular formula is C23H26N2O3. The minimum absolute atomic E-state index is 0.0701. The smallest absolute Gasteiger partial charge is 0.325 e. The molecule has 5 heteroatoms. The Labute approximate surface area is 165 Å². The summed E-state index contributed by atoms with van der Waals surface area (Å²) in [7, 11) is 0. The molecule has 2 aliphatic heterocycles. The first-order valence-corrected chi connectivity index (χ1v) is 10.4. The van der Waals surface area contributed by atoms with Gasteiger partial charge in [-0.15, -0.1) is 0 Å². The molecule has 2 atom stereocenters.